The maximum absolute atomic E-state index is 13.1. The van der Waals surface area contributed by atoms with E-state index in [9.17, 15) is 13.2 Å². The first kappa shape index (κ1) is 23.8. The van der Waals surface area contributed by atoms with Crippen LogP contribution in [0.2, 0.25) is 10.0 Å². The summed E-state index contributed by atoms with van der Waals surface area (Å²) in [7, 11) is -1.90. The fourth-order valence-corrected chi connectivity index (χ4v) is 5.60. The van der Waals surface area contributed by atoms with E-state index in [1.54, 1.807) is 48.0 Å². The number of halogens is 2. The van der Waals surface area contributed by atoms with Gasteiger partial charge in [0.15, 0.2) is 0 Å². The molecular weight excluding hydrogens is 483 g/mol. The molecule has 3 aromatic rings. The van der Waals surface area contributed by atoms with Gasteiger partial charge in [0, 0.05) is 31.9 Å². The Labute approximate surface area is 203 Å². The first-order valence-corrected chi connectivity index (χ1v) is 12.7. The van der Waals surface area contributed by atoms with E-state index in [4.69, 9.17) is 27.9 Å². The minimum atomic E-state index is -3.61. The maximum Gasteiger partial charge on any atom is 0.254 e. The van der Waals surface area contributed by atoms with Gasteiger partial charge in [-0.2, -0.15) is 4.31 Å². The van der Waals surface area contributed by atoms with E-state index >= 15 is 0 Å². The lowest BCUT2D eigenvalue weighted by Crippen LogP contribution is -2.41. The predicted octanol–water partition coefficient (Wildman–Crippen LogP) is 4.90. The minimum Gasteiger partial charge on any atom is -0.490 e. The highest BCUT2D eigenvalue weighted by Gasteiger charge is 2.30. The smallest absolute Gasteiger partial charge is 0.254 e. The summed E-state index contributed by atoms with van der Waals surface area (Å²) in [5.74, 6) is 0.523. The van der Waals surface area contributed by atoms with Crippen LogP contribution in [0.5, 0.6) is 5.75 Å². The Morgan fingerprint density at radius 3 is 2.15 bits per heavy atom. The highest BCUT2D eigenvalue weighted by Crippen LogP contribution is 2.30. The normalized spacial score (nSPS) is 15.5. The number of hydrogen-bond donors (Lipinski definition) is 0. The zero-order valence-electron chi connectivity index (χ0n) is 18.3. The molecule has 0 amide bonds. The lowest BCUT2D eigenvalue weighted by atomic mass is 10.1. The number of rotatable bonds is 5. The van der Waals surface area contributed by atoms with Crippen molar-refractivity contribution in [2.24, 2.45) is 7.05 Å². The Bertz CT molecular complexity index is 1330. The minimum absolute atomic E-state index is 0.130. The van der Waals surface area contributed by atoms with Crippen LogP contribution < -0.4 is 10.3 Å². The molecule has 33 heavy (non-hydrogen) atoms. The third-order valence-electron chi connectivity index (χ3n) is 5.93. The van der Waals surface area contributed by atoms with Crippen molar-refractivity contribution in [3.63, 3.8) is 0 Å². The molecule has 0 saturated carbocycles. The summed E-state index contributed by atoms with van der Waals surface area (Å²) < 4.78 is 35.3. The number of aryl methyl sites for hydroxylation is 1. The number of nitrogens with zero attached hydrogens (tertiary/aromatic N) is 2. The average molecular weight is 507 g/mol. The van der Waals surface area contributed by atoms with Crippen molar-refractivity contribution in [1.29, 1.82) is 0 Å². The van der Waals surface area contributed by atoms with Gasteiger partial charge in [-0.15, -0.1) is 0 Å². The van der Waals surface area contributed by atoms with Crippen molar-refractivity contribution >= 4 is 33.2 Å². The molecule has 0 atom stereocenters. The highest BCUT2D eigenvalue weighted by molar-refractivity contribution is 7.89. The SMILES string of the molecule is Cc1cc(OC2CCN(S(=O)(=O)c3ccc(-c4ccc(Cl)c(Cl)c4)cc3)CC2)cc(=O)n1C. The zero-order valence-corrected chi connectivity index (χ0v) is 20.6. The van der Waals surface area contributed by atoms with E-state index in [0.717, 1.165) is 16.8 Å². The summed E-state index contributed by atoms with van der Waals surface area (Å²) in [4.78, 5) is 12.2. The van der Waals surface area contributed by atoms with E-state index in [2.05, 4.69) is 0 Å². The van der Waals surface area contributed by atoms with Crippen LogP contribution >= 0.6 is 23.2 Å². The number of piperidine rings is 1. The molecule has 4 rings (SSSR count). The summed E-state index contributed by atoms with van der Waals surface area (Å²) in [5.41, 5.74) is 2.39. The van der Waals surface area contributed by atoms with Gasteiger partial charge < -0.3 is 9.30 Å². The average Bonchev–Trinajstić information content (AvgIpc) is 2.80. The van der Waals surface area contributed by atoms with Crippen LogP contribution in [0.15, 0.2) is 64.3 Å². The maximum atomic E-state index is 13.1. The molecule has 0 radical (unpaired) electrons. The lowest BCUT2D eigenvalue weighted by Gasteiger charge is -2.31. The summed E-state index contributed by atoms with van der Waals surface area (Å²) in [6.45, 7) is 2.55. The van der Waals surface area contributed by atoms with E-state index in [0.29, 0.717) is 41.7 Å². The molecule has 2 aromatic carbocycles. The van der Waals surface area contributed by atoms with Gasteiger partial charge in [0.25, 0.3) is 5.56 Å². The zero-order chi connectivity index (χ0) is 23.8. The molecule has 9 heteroatoms. The molecule has 1 saturated heterocycles. The Kier molecular flexibility index (Phi) is 6.86. The molecular formula is C24H24Cl2N2O4S. The molecule has 0 aliphatic carbocycles. The van der Waals surface area contributed by atoms with Crippen LogP contribution in [0.1, 0.15) is 18.5 Å². The van der Waals surface area contributed by atoms with E-state index in [1.165, 1.54) is 10.4 Å². The largest absolute Gasteiger partial charge is 0.490 e. The molecule has 2 heterocycles. The Hall–Kier alpha value is -2.32. The molecule has 1 fully saturated rings. The quantitative estimate of drug-likeness (QED) is 0.493. The summed E-state index contributed by atoms with van der Waals surface area (Å²) >= 11 is 12.1. The number of pyridine rings is 1. The van der Waals surface area contributed by atoms with Crippen LogP contribution in [0.25, 0.3) is 11.1 Å². The predicted molar refractivity (Wildman–Crippen MR) is 131 cm³/mol. The van der Waals surface area contributed by atoms with Gasteiger partial charge in [-0.05, 0) is 61.2 Å². The Morgan fingerprint density at radius 2 is 1.55 bits per heavy atom. The topological polar surface area (TPSA) is 68.6 Å². The molecule has 0 bridgehead atoms. The number of hydrogen-bond acceptors (Lipinski definition) is 4. The molecule has 0 N–H and O–H groups in total. The first-order valence-electron chi connectivity index (χ1n) is 10.5. The molecule has 6 nitrogen and oxygen atoms in total. The molecule has 1 aliphatic rings. The number of benzene rings is 2. The van der Waals surface area contributed by atoms with Crippen molar-refractivity contribution in [2.75, 3.05) is 13.1 Å². The molecule has 174 valence electrons. The van der Waals surface area contributed by atoms with Gasteiger partial charge in [-0.3, -0.25) is 4.79 Å². The number of ether oxygens (including phenoxy) is 1. The second kappa shape index (κ2) is 9.50. The molecule has 0 spiro atoms. The third kappa shape index (κ3) is 5.11. The van der Waals surface area contributed by atoms with Gasteiger partial charge in [-0.25, -0.2) is 8.42 Å². The van der Waals surface area contributed by atoms with Crippen LogP contribution in [0.4, 0.5) is 0 Å². The summed E-state index contributed by atoms with van der Waals surface area (Å²) in [6.07, 6.45) is 0.962. The van der Waals surface area contributed by atoms with E-state index in [-0.39, 0.29) is 16.6 Å². The van der Waals surface area contributed by atoms with Crippen molar-refractivity contribution < 1.29 is 13.2 Å². The molecule has 1 aromatic heterocycles. The van der Waals surface area contributed by atoms with Crippen LogP contribution in [0, 0.1) is 6.92 Å². The fourth-order valence-electron chi connectivity index (χ4n) is 3.83. The number of sulfonamides is 1. The Balaban J connectivity index is 1.42. The lowest BCUT2D eigenvalue weighted by molar-refractivity contribution is 0.134. The van der Waals surface area contributed by atoms with Gasteiger partial charge in [0.2, 0.25) is 10.0 Å². The van der Waals surface area contributed by atoms with Crippen molar-refractivity contribution in [3.8, 4) is 16.9 Å². The monoisotopic (exact) mass is 506 g/mol. The second-order valence-corrected chi connectivity index (χ2v) is 10.9. The van der Waals surface area contributed by atoms with Gasteiger partial charge in [-0.1, -0.05) is 41.4 Å². The summed E-state index contributed by atoms with van der Waals surface area (Å²) in [6, 6.07) is 15.3. The Morgan fingerprint density at radius 1 is 0.909 bits per heavy atom. The van der Waals surface area contributed by atoms with Crippen LogP contribution in [0.3, 0.4) is 0 Å². The second-order valence-electron chi connectivity index (χ2n) is 8.10. The standard InChI is InChI=1S/C24H24Cl2N2O4S/c1-16-13-20(15-24(29)27(16)2)32-19-9-11-28(12-10-19)33(30,31)21-6-3-17(4-7-21)18-5-8-22(25)23(26)14-18/h3-8,13-15,19H,9-12H2,1-2H3. The van der Waals surface area contributed by atoms with E-state index < -0.39 is 10.0 Å². The van der Waals surface area contributed by atoms with Crippen molar-refractivity contribution in [1.82, 2.24) is 8.87 Å². The van der Waals surface area contributed by atoms with Gasteiger partial charge in [0.1, 0.15) is 11.9 Å². The van der Waals surface area contributed by atoms with Crippen LogP contribution in [-0.2, 0) is 17.1 Å². The fraction of sp³-hybridized carbons (Fsp3) is 0.292. The first-order chi connectivity index (χ1) is 15.6. The summed E-state index contributed by atoms with van der Waals surface area (Å²) in [5, 5.41) is 0.916. The molecule has 1 aliphatic heterocycles. The molecule has 0 unspecified atom stereocenters. The van der Waals surface area contributed by atoms with Crippen molar-refractivity contribution in [2.45, 2.75) is 30.8 Å². The highest BCUT2D eigenvalue weighted by atomic mass is 35.5. The van der Waals surface area contributed by atoms with Crippen LogP contribution in [-0.4, -0.2) is 36.5 Å². The number of aromatic nitrogens is 1. The van der Waals surface area contributed by atoms with Gasteiger partial charge >= 0.3 is 0 Å². The van der Waals surface area contributed by atoms with Crippen molar-refractivity contribution in [3.05, 3.63) is 80.7 Å². The third-order valence-corrected chi connectivity index (χ3v) is 8.58. The van der Waals surface area contributed by atoms with Gasteiger partial charge in [0.05, 0.1) is 14.9 Å². The van der Waals surface area contributed by atoms with E-state index in [1.807, 2.05) is 19.1 Å².